The maximum absolute atomic E-state index is 12.4. The number of aliphatic hydroxyl groups is 4. The molecule has 5 atom stereocenters. The van der Waals surface area contributed by atoms with Crippen LogP contribution in [0.1, 0.15) is 26.2 Å². The van der Waals surface area contributed by atoms with Crippen LogP contribution in [0.5, 0.6) is 0 Å². The van der Waals surface area contributed by atoms with Crippen molar-refractivity contribution >= 4 is 47.2 Å². The topological polar surface area (TPSA) is 322 Å². The molecule has 6 amide bonds. The van der Waals surface area contributed by atoms with Gasteiger partial charge in [-0.1, -0.05) is 6.92 Å². The van der Waals surface area contributed by atoms with Crippen LogP contribution in [0, 0.1) is 0 Å². The van der Waals surface area contributed by atoms with Crippen LogP contribution in [0.25, 0.3) is 0 Å². The molecule has 0 aliphatic heterocycles. The number of nitrogens with one attached hydrogen (secondary N) is 7. The fourth-order valence-electron chi connectivity index (χ4n) is 3.22. The maximum atomic E-state index is 12.4. The van der Waals surface area contributed by atoms with Gasteiger partial charge in [-0.25, -0.2) is 0 Å². The van der Waals surface area contributed by atoms with Crippen molar-refractivity contribution in [1.82, 2.24) is 37.2 Å². The summed E-state index contributed by atoms with van der Waals surface area (Å²) in [7, 11) is 1.38. The molecule has 0 aromatic carbocycles. The highest BCUT2D eigenvalue weighted by molar-refractivity contribution is 5.96. The van der Waals surface area contributed by atoms with Gasteiger partial charge >= 0.3 is 5.97 Å². The minimum atomic E-state index is -1.65. The number of aliphatic hydroxyl groups excluding tert-OH is 4. The van der Waals surface area contributed by atoms with Gasteiger partial charge in [0.25, 0.3) is 0 Å². The lowest BCUT2D eigenvalue weighted by atomic mass is 10.1. The Morgan fingerprint density at radius 1 is 0.568 bits per heavy atom. The minimum Gasteiger partial charge on any atom is -0.480 e. The first kappa shape index (κ1) is 39.8. The molecule has 0 aliphatic rings. The van der Waals surface area contributed by atoms with E-state index in [0.29, 0.717) is 0 Å². The van der Waals surface area contributed by atoms with Crippen molar-refractivity contribution in [3.8, 4) is 0 Å². The molecule has 0 saturated carbocycles. The molecule has 0 spiro atoms. The summed E-state index contributed by atoms with van der Waals surface area (Å²) in [6.45, 7) is -3.27. The number of aliphatic carboxylic acids is 1. The van der Waals surface area contributed by atoms with E-state index in [1.165, 1.54) is 7.05 Å². The van der Waals surface area contributed by atoms with Gasteiger partial charge in [-0.15, -0.1) is 0 Å². The lowest BCUT2D eigenvalue weighted by Gasteiger charge is -2.22. The summed E-state index contributed by atoms with van der Waals surface area (Å²) in [5.41, 5.74) is 0. The zero-order valence-electron chi connectivity index (χ0n) is 24.3. The molecule has 0 aromatic heterocycles. The molecule has 0 saturated heterocycles. The van der Waals surface area contributed by atoms with Crippen molar-refractivity contribution in [2.24, 2.45) is 0 Å². The van der Waals surface area contributed by atoms with Crippen molar-refractivity contribution in [2.75, 3.05) is 46.6 Å². The van der Waals surface area contributed by atoms with Crippen LogP contribution in [0.15, 0.2) is 0 Å². The molecule has 0 rings (SSSR count). The lowest BCUT2D eigenvalue weighted by Crippen LogP contribution is -2.58. The van der Waals surface area contributed by atoms with Crippen LogP contribution in [0.4, 0.5) is 0 Å². The molecule has 250 valence electrons. The highest BCUT2D eigenvalue weighted by Gasteiger charge is 2.29. The average molecular weight is 636 g/mol. The number of likely N-dealkylation sites (N-methyl/N-ethyl adjacent to an activating group) is 1. The van der Waals surface area contributed by atoms with Crippen molar-refractivity contribution in [1.29, 1.82) is 0 Å². The van der Waals surface area contributed by atoms with Crippen LogP contribution < -0.4 is 37.2 Å². The van der Waals surface area contributed by atoms with E-state index in [9.17, 15) is 58.8 Å². The van der Waals surface area contributed by atoms with Crippen LogP contribution in [0.3, 0.4) is 0 Å². The molecule has 44 heavy (non-hydrogen) atoms. The first-order valence-electron chi connectivity index (χ1n) is 13.4. The van der Waals surface area contributed by atoms with Gasteiger partial charge in [-0.05, 0) is 13.5 Å². The minimum absolute atomic E-state index is 0.126. The van der Waals surface area contributed by atoms with E-state index in [-0.39, 0.29) is 31.6 Å². The SMILES string of the molecule is CCC(=O)CNC(=O)C(CO)NC(=O)C(CO)NC(=O)CNC(=O)C(CO)NC(=O)C(CO)NC(=O)CCC(NC)C(=O)O. The Hall–Kier alpha value is -4.24. The fourth-order valence-corrected chi connectivity index (χ4v) is 3.22. The van der Waals surface area contributed by atoms with Gasteiger partial charge in [0.1, 0.15) is 30.2 Å². The average Bonchev–Trinajstić information content (AvgIpc) is 3.00. The van der Waals surface area contributed by atoms with Crippen LogP contribution in [-0.4, -0.2) is 150 Å². The second kappa shape index (κ2) is 21.4. The molecule has 0 bridgehead atoms. The maximum Gasteiger partial charge on any atom is 0.320 e. The van der Waals surface area contributed by atoms with Gasteiger partial charge in [0.2, 0.25) is 35.4 Å². The van der Waals surface area contributed by atoms with E-state index in [4.69, 9.17) is 5.11 Å². The standard InChI is InChI=1S/C24H41N7O13/c1-3-12(36)6-26-20(39)14(8-32)30-23(42)17(11-35)29-19(38)7-27-21(40)15(9-33)31-22(41)16(10-34)28-18(37)5-4-13(25-2)24(43)44/h13-17,25,32-35H,3-11H2,1-2H3,(H,26,39)(H,27,40)(H,28,37)(H,29,38)(H,30,42)(H,31,41)(H,43,44). The number of amides is 6. The number of rotatable bonds is 22. The number of Topliss-reactive ketones (excluding diaryl/α,β-unsaturated/α-hetero) is 1. The number of carbonyl (C=O) groups excluding carboxylic acids is 7. The van der Waals surface area contributed by atoms with Crippen LogP contribution >= 0.6 is 0 Å². The summed E-state index contributed by atoms with van der Waals surface area (Å²) in [4.78, 5) is 96.0. The second-order valence-corrected chi connectivity index (χ2v) is 9.14. The number of hydrogen-bond acceptors (Lipinski definition) is 13. The summed E-state index contributed by atoms with van der Waals surface area (Å²) in [5.74, 6) is -7.43. The van der Waals surface area contributed by atoms with Gasteiger partial charge < -0.3 is 62.8 Å². The van der Waals surface area contributed by atoms with Crippen molar-refractivity contribution in [3.05, 3.63) is 0 Å². The summed E-state index contributed by atoms with van der Waals surface area (Å²) in [5, 5.41) is 62.0. The molecular formula is C24H41N7O13. The second-order valence-electron chi connectivity index (χ2n) is 9.14. The fraction of sp³-hybridized carbons (Fsp3) is 0.667. The Morgan fingerprint density at radius 3 is 1.36 bits per heavy atom. The van der Waals surface area contributed by atoms with Gasteiger partial charge in [0.05, 0.1) is 39.5 Å². The largest absolute Gasteiger partial charge is 0.480 e. The molecule has 5 unspecified atom stereocenters. The predicted molar refractivity (Wildman–Crippen MR) is 147 cm³/mol. The van der Waals surface area contributed by atoms with E-state index < -0.39 is 105 Å². The first-order valence-corrected chi connectivity index (χ1v) is 13.4. The zero-order valence-corrected chi connectivity index (χ0v) is 24.3. The van der Waals surface area contributed by atoms with E-state index in [2.05, 4.69) is 37.2 Å². The molecular weight excluding hydrogens is 594 g/mol. The number of ketones is 1. The van der Waals surface area contributed by atoms with Gasteiger partial charge in [0.15, 0.2) is 5.78 Å². The third-order valence-corrected chi connectivity index (χ3v) is 5.88. The Labute approximate surface area is 251 Å². The first-order chi connectivity index (χ1) is 20.8. The van der Waals surface area contributed by atoms with Crippen LogP contribution in [-0.2, 0) is 38.4 Å². The van der Waals surface area contributed by atoms with Gasteiger partial charge in [0, 0.05) is 12.8 Å². The Kier molecular flexibility index (Phi) is 19.4. The third kappa shape index (κ3) is 14.8. The summed E-state index contributed by atoms with van der Waals surface area (Å²) in [6.07, 6.45) is -0.298. The van der Waals surface area contributed by atoms with Crippen molar-refractivity contribution in [3.63, 3.8) is 0 Å². The quantitative estimate of drug-likeness (QED) is 0.0526. The van der Waals surface area contributed by atoms with Gasteiger partial charge in [-0.2, -0.15) is 0 Å². The van der Waals surface area contributed by atoms with Crippen LogP contribution in [0.2, 0.25) is 0 Å². The number of hydrogen-bond donors (Lipinski definition) is 12. The van der Waals surface area contributed by atoms with Gasteiger partial charge in [-0.3, -0.25) is 38.4 Å². The molecule has 0 aromatic rings. The lowest BCUT2D eigenvalue weighted by molar-refractivity contribution is -0.140. The van der Waals surface area contributed by atoms with Crippen molar-refractivity contribution < 1.29 is 63.9 Å². The molecule has 12 N–H and O–H groups in total. The van der Waals surface area contributed by atoms with E-state index >= 15 is 0 Å². The molecule has 0 fully saturated rings. The highest BCUT2D eigenvalue weighted by Crippen LogP contribution is 1.99. The zero-order chi connectivity index (χ0) is 33.8. The third-order valence-electron chi connectivity index (χ3n) is 5.88. The summed E-state index contributed by atoms with van der Waals surface area (Å²) >= 11 is 0. The molecule has 20 nitrogen and oxygen atoms in total. The molecule has 0 heterocycles. The predicted octanol–water partition coefficient (Wildman–Crippen LogP) is -7.44. The van der Waals surface area contributed by atoms with E-state index in [0.717, 1.165) is 0 Å². The summed E-state index contributed by atoms with van der Waals surface area (Å²) in [6, 6.07) is -7.38. The normalized spacial score (nSPS) is 14.0. The number of carboxylic acids is 1. The van der Waals surface area contributed by atoms with E-state index in [1.807, 2.05) is 0 Å². The highest BCUT2D eigenvalue weighted by atomic mass is 16.4. The Morgan fingerprint density at radius 2 is 0.977 bits per heavy atom. The molecule has 20 heteroatoms. The van der Waals surface area contributed by atoms with Crippen molar-refractivity contribution in [2.45, 2.75) is 56.4 Å². The molecule has 0 aliphatic carbocycles. The number of carboxylic acid groups (broad SMARTS) is 1. The summed E-state index contributed by atoms with van der Waals surface area (Å²) < 4.78 is 0. The smallest absolute Gasteiger partial charge is 0.320 e. The molecule has 0 radical (unpaired) electrons. The Balaban J connectivity index is 4.94. The Bertz CT molecular complexity index is 1030. The monoisotopic (exact) mass is 635 g/mol. The number of carbonyl (C=O) groups is 8. The van der Waals surface area contributed by atoms with E-state index in [1.54, 1.807) is 6.92 Å².